The molecule has 0 saturated heterocycles. The van der Waals surface area contributed by atoms with E-state index >= 15 is 0 Å². The highest BCUT2D eigenvalue weighted by atomic mass is 79.9. The summed E-state index contributed by atoms with van der Waals surface area (Å²) in [6, 6.07) is 30.6. The van der Waals surface area contributed by atoms with Crippen molar-refractivity contribution >= 4 is 33.2 Å². The molecule has 3 aromatic carbocycles. The summed E-state index contributed by atoms with van der Waals surface area (Å²) in [5.41, 5.74) is 2.37. The molecule has 3 aromatic rings. The molecule has 3 heteroatoms. The quantitative estimate of drug-likeness (QED) is 0.310. The lowest BCUT2D eigenvalue weighted by Crippen LogP contribution is -2.35. The third-order valence-corrected chi connectivity index (χ3v) is 5.03. The summed E-state index contributed by atoms with van der Waals surface area (Å²) in [5.74, 6) is 0. The van der Waals surface area contributed by atoms with E-state index in [-0.39, 0.29) is 0 Å². The molecule has 0 heterocycles. The first-order chi connectivity index (χ1) is 11.8. The molecule has 0 aliphatic rings. The standard InChI is InChI=1S/C21H17BrOS/c22-16-20(24)23-21(17-10-4-1-5-11-17,18-12-6-2-7-13-18)19-14-8-3-9-15-19/h1-15H,16H2. The van der Waals surface area contributed by atoms with E-state index in [1.54, 1.807) is 0 Å². The highest BCUT2D eigenvalue weighted by Crippen LogP contribution is 2.40. The molecule has 0 aromatic heterocycles. The smallest absolute Gasteiger partial charge is 0.185 e. The van der Waals surface area contributed by atoms with Gasteiger partial charge in [0.2, 0.25) is 0 Å². The van der Waals surface area contributed by atoms with Gasteiger partial charge in [-0.1, -0.05) is 107 Å². The van der Waals surface area contributed by atoms with E-state index in [1.165, 1.54) is 0 Å². The molecule has 0 N–H and O–H groups in total. The molecule has 1 nitrogen and oxygen atoms in total. The van der Waals surface area contributed by atoms with Gasteiger partial charge in [0.1, 0.15) is 0 Å². The number of thiocarbonyl (C=S) groups is 1. The van der Waals surface area contributed by atoms with Gasteiger partial charge >= 0.3 is 0 Å². The minimum Gasteiger partial charge on any atom is -0.466 e. The van der Waals surface area contributed by atoms with E-state index in [2.05, 4.69) is 52.3 Å². The molecular weight excluding hydrogens is 380 g/mol. The Kier molecular flexibility index (Phi) is 5.44. The predicted octanol–water partition coefficient (Wildman–Crippen LogP) is 5.72. The van der Waals surface area contributed by atoms with Crippen LogP contribution in [-0.2, 0) is 10.3 Å². The Balaban J connectivity index is 2.30. The van der Waals surface area contributed by atoms with Gasteiger partial charge in [0, 0.05) is 16.7 Å². The number of alkyl halides is 1. The van der Waals surface area contributed by atoms with Crippen LogP contribution in [0.4, 0.5) is 0 Å². The number of benzene rings is 3. The molecule has 3 rings (SSSR count). The second-order valence-electron chi connectivity index (χ2n) is 5.39. The van der Waals surface area contributed by atoms with Crippen molar-refractivity contribution in [3.05, 3.63) is 108 Å². The number of hydrogen-bond acceptors (Lipinski definition) is 2. The van der Waals surface area contributed by atoms with Gasteiger partial charge < -0.3 is 4.74 Å². The Labute approximate surface area is 156 Å². The molecule has 0 atom stereocenters. The summed E-state index contributed by atoms with van der Waals surface area (Å²) >= 11 is 8.85. The highest BCUT2D eigenvalue weighted by Gasteiger charge is 2.39. The monoisotopic (exact) mass is 396 g/mol. The van der Waals surface area contributed by atoms with Crippen molar-refractivity contribution in [3.8, 4) is 0 Å². The Morgan fingerprint density at radius 2 is 1.04 bits per heavy atom. The Hall–Kier alpha value is -1.97. The van der Waals surface area contributed by atoms with Gasteiger partial charge in [0.15, 0.2) is 10.7 Å². The fraction of sp³-hybridized carbons (Fsp3) is 0.0952. The minimum absolute atomic E-state index is 0.511. The molecule has 0 spiro atoms. The maximum atomic E-state index is 6.43. The maximum Gasteiger partial charge on any atom is 0.185 e. The normalized spacial score (nSPS) is 11.0. The van der Waals surface area contributed by atoms with Crippen molar-refractivity contribution in [3.63, 3.8) is 0 Å². The topological polar surface area (TPSA) is 9.23 Å². The van der Waals surface area contributed by atoms with Crippen LogP contribution in [-0.4, -0.2) is 10.4 Å². The van der Waals surface area contributed by atoms with Crippen LogP contribution in [0.25, 0.3) is 0 Å². The Bertz CT molecular complexity index is 691. The first-order valence-corrected chi connectivity index (χ1v) is 9.24. The van der Waals surface area contributed by atoms with Crippen molar-refractivity contribution < 1.29 is 4.74 Å². The van der Waals surface area contributed by atoms with Crippen LogP contribution in [0.5, 0.6) is 0 Å². The number of rotatable bonds is 5. The van der Waals surface area contributed by atoms with Crippen molar-refractivity contribution in [2.75, 3.05) is 5.33 Å². The van der Waals surface area contributed by atoms with Gasteiger partial charge in [-0.15, -0.1) is 0 Å². The van der Waals surface area contributed by atoms with E-state index in [4.69, 9.17) is 17.0 Å². The first kappa shape index (κ1) is 16.9. The van der Waals surface area contributed by atoms with Crippen LogP contribution in [0.15, 0.2) is 91.0 Å². The van der Waals surface area contributed by atoms with Crippen molar-refractivity contribution in [2.45, 2.75) is 5.60 Å². The summed E-state index contributed by atoms with van der Waals surface area (Å²) in [4.78, 5) is 0. The Morgan fingerprint density at radius 1 is 0.708 bits per heavy atom. The van der Waals surface area contributed by atoms with Gasteiger partial charge in [0.25, 0.3) is 0 Å². The summed E-state index contributed by atoms with van der Waals surface area (Å²) in [7, 11) is 0. The third-order valence-electron chi connectivity index (χ3n) is 3.92. The van der Waals surface area contributed by atoms with E-state index in [0.717, 1.165) is 16.7 Å². The molecule has 0 bridgehead atoms. The molecule has 0 saturated carbocycles. The highest BCUT2D eigenvalue weighted by molar-refractivity contribution is 9.09. The third kappa shape index (κ3) is 3.28. The van der Waals surface area contributed by atoms with Crippen molar-refractivity contribution in [2.24, 2.45) is 0 Å². The van der Waals surface area contributed by atoms with Crippen molar-refractivity contribution in [1.82, 2.24) is 0 Å². The predicted molar refractivity (Wildman–Crippen MR) is 107 cm³/mol. The summed E-state index contributed by atoms with van der Waals surface area (Å²) in [6.07, 6.45) is 0. The van der Waals surface area contributed by atoms with Gasteiger partial charge in [-0.25, -0.2) is 0 Å². The second-order valence-corrected chi connectivity index (χ2v) is 6.40. The first-order valence-electron chi connectivity index (χ1n) is 7.72. The molecule has 0 aliphatic heterocycles. The summed E-state index contributed by atoms with van der Waals surface area (Å²) in [5, 5.41) is 1.03. The maximum absolute atomic E-state index is 6.43. The molecule has 120 valence electrons. The molecule has 24 heavy (non-hydrogen) atoms. The number of ether oxygens (including phenoxy) is 1. The Morgan fingerprint density at radius 3 is 1.33 bits per heavy atom. The van der Waals surface area contributed by atoms with Crippen LogP contribution in [0, 0.1) is 0 Å². The molecule has 0 aliphatic carbocycles. The number of halogens is 1. The molecule has 0 amide bonds. The van der Waals surface area contributed by atoms with Crippen LogP contribution in [0.1, 0.15) is 16.7 Å². The van der Waals surface area contributed by atoms with Gasteiger partial charge in [-0.05, 0) is 12.2 Å². The zero-order chi connectivity index (χ0) is 16.8. The zero-order valence-corrected chi connectivity index (χ0v) is 15.5. The molecule has 0 fully saturated rings. The molecule has 0 unspecified atom stereocenters. The summed E-state index contributed by atoms with van der Waals surface area (Å²) in [6.45, 7) is 0. The molecule has 0 radical (unpaired) electrons. The van der Waals surface area contributed by atoms with Crippen LogP contribution >= 0.6 is 28.1 Å². The average Bonchev–Trinajstić information content (AvgIpc) is 2.68. The van der Waals surface area contributed by atoms with Crippen molar-refractivity contribution in [1.29, 1.82) is 0 Å². The lowest BCUT2D eigenvalue weighted by molar-refractivity contribution is 0.145. The lowest BCUT2D eigenvalue weighted by atomic mass is 9.80. The van der Waals surface area contributed by atoms with Crippen LogP contribution < -0.4 is 0 Å². The van der Waals surface area contributed by atoms with Crippen LogP contribution in [0.2, 0.25) is 0 Å². The van der Waals surface area contributed by atoms with E-state index in [9.17, 15) is 0 Å². The fourth-order valence-electron chi connectivity index (χ4n) is 2.89. The zero-order valence-electron chi connectivity index (χ0n) is 13.1. The summed E-state index contributed by atoms with van der Waals surface area (Å²) < 4.78 is 6.43. The minimum atomic E-state index is -0.769. The van der Waals surface area contributed by atoms with Crippen LogP contribution in [0.3, 0.4) is 0 Å². The van der Waals surface area contributed by atoms with Gasteiger partial charge in [-0.2, -0.15) is 0 Å². The van der Waals surface area contributed by atoms with Gasteiger partial charge in [-0.3, -0.25) is 0 Å². The lowest BCUT2D eigenvalue weighted by Gasteiger charge is -2.36. The second kappa shape index (κ2) is 7.73. The molecular formula is C21H17BrOS. The van der Waals surface area contributed by atoms with E-state index in [0.29, 0.717) is 10.4 Å². The average molecular weight is 397 g/mol. The van der Waals surface area contributed by atoms with E-state index < -0.39 is 5.60 Å². The fourth-order valence-corrected chi connectivity index (χ4v) is 3.13. The SMILES string of the molecule is S=C(CBr)OC(c1ccccc1)(c1ccccc1)c1ccccc1. The van der Waals surface area contributed by atoms with E-state index in [1.807, 2.05) is 54.6 Å². The largest absolute Gasteiger partial charge is 0.466 e. The number of hydrogen-bond donors (Lipinski definition) is 0. The van der Waals surface area contributed by atoms with Gasteiger partial charge in [0.05, 0.1) is 5.33 Å².